The lowest BCUT2D eigenvalue weighted by Crippen LogP contribution is -2.17. The Morgan fingerprint density at radius 2 is 2.06 bits per heavy atom. The summed E-state index contributed by atoms with van der Waals surface area (Å²) in [5.74, 6) is 0.831. The van der Waals surface area contributed by atoms with Crippen LogP contribution in [-0.2, 0) is 14.2 Å². The second-order valence-electron chi connectivity index (χ2n) is 3.86. The van der Waals surface area contributed by atoms with Crippen LogP contribution in [0, 0.1) is 0 Å². The maximum Gasteiger partial charge on any atom is 0.184 e. The van der Waals surface area contributed by atoms with Gasteiger partial charge in [-0.1, -0.05) is 12.1 Å². The summed E-state index contributed by atoms with van der Waals surface area (Å²) in [5.41, 5.74) is 1.00. The van der Waals surface area contributed by atoms with Crippen molar-refractivity contribution >= 4 is 0 Å². The van der Waals surface area contributed by atoms with Gasteiger partial charge in [-0.2, -0.15) is 0 Å². The lowest BCUT2D eigenvalue weighted by Gasteiger charge is -2.12. The van der Waals surface area contributed by atoms with Crippen molar-refractivity contribution in [3.63, 3.8) is 0 Å². The highest BCUT2D eigenvalue weighted by Crippen LogP contribution is 2.28. The van der Waals surface area contributed by atoms with Gasteiger partial charge >= 0.3 is 0 Å². The lowest BCUT2D eigenvalue weighted by molar-refractivity contribution is -0.0731. The third-order valence-corrected chi connectivity index (χ3v) is 2.65. The van der Waals surface area contributed by atoms with E-state index in [0.29, 0.717) is 19.8 Å². The molecule has 0 saturated carbocycles. The molecule has 4 heteroatoms. The quantitative estimate of drug-likeness (QED) is 0.787. The Kier molecular flexibility index (Phi) is 4.36. The van der Waals surface area contributed by atoms with Crippen molar-refractivity contribution in [2.24, 2.45) is 0 Å². The topological polar surface area (TPSA) is 36.9 Å². The Hall–Kier alpha value is -1.10. The van der Waals surface area contributed by atoms with Crippen LogP contribution in [0.15, 0.2) is 24.3 Å². The van der Waals surface area contributed by atoms with Crippen LogP contribution in [0.2, 0.25) is 0 Å². The summed E-state index contributed by atoms with van der Waals surface area (Å²) >= 11 is 0. The highest BCUT2D eigenvalue weighted by atomic mass is 16.7. The standard InChI is InChI=1S/C13H18O4/c1-3-15-8-12-9-16-13(17-12)10-4-6-11(14-2)7-5-10/h4-7,12-13H,3,8-9H2,1-2H3/t12-,13-/m0/s1. The molecule has 0 N–H and O–H groups in total. The Balaban J connectivity index is 1.90. The van der Waals surface area contributed by atoms with Crippen molar-refractivity contribution in [3.8, 4) is 5.75 Å². The van der Waals surface area contributed by atoms with Gasteiger partial charge in [-0.3, -0.25) is 0 Å². The van der Waals surface area contributed by atoms with Gasteiger partial charge < -0.3 is 18.9 Å². The number of methoxy groups -OCH3 is 1. The molecule has 0 unspecified atom stereocenters. The minimum Gasteiger partial charge on any atom is -0.497 e. The van der Waals surface area contributed by atoms with E-state index in [1.165, 1.54) is 0 Å². The van der Waals surface area contributed by atoms with E-state index in [1.54, 1.807) is 7.11 Å². The van der Waals surface area contributed by atoms with Gasteiger partial charge in [0.15, 0.2) is 6.29 Å². The van der Waals surface area contributed by atoms with Gasteiger partial charge in [-0.15, -0.1) is 0 Å². The van der Waals surface area contributed by atoms with Crippen molar-refractivity contribution in [1.29, 1.82) is 0 Å². The zero-order valence-electron chi connectivity index (χ0n) is 10.2. The highest BCUT2D eigenvalue weighted by Gasteiger charge is 2.27. The largest absolute Gasteiger partial charge is 0.497 e. The zero-order valence-corrected chi connectivity index (χ0v) is 10.2. The molecular formula is C13H18O4. The van der Waals surface area contributed by atoms with Gasteiger partial charge in [0.1, 0.15) is 11.9 Å². The molecule has 0 radical (unpaired) electrons. The molecule has 17 heavy (non-hydrogen) atoms. The van der Waals surface area contributed by atoms with Gasteiger partial charge in [-0.25, -0.2) is 0 Å². The van der Waals surface area contributed by atoms with Gasteiger partial charge in [0.05, 0.1) is 20.3 Å². The molecule has 1 aliphatic heterocycles. The molecule has 0 aliphatic carbocycles. The third-order valence-electron chi connectivity index (χ3n) is 2.65. The van der Waals surface area contributed by atoms with Crippen LogP contribution < -0.4 is 4.74 Å². The van der Waals surface area contributed by atoms with Gasteiger partial charge in [0.25, 0.3) is 0 Å². The van der Waals surface area contributed by atoms with Crippen molar-refractivity contribution in [1.82, 2.24) is 0 Å². The summed E-state index contributed by atoms with van der Waals surface area (Å²) in [6.07, 6.45) is -0.256. The fourth-order valence-electron chi connectivity index (χ4n) is 1.72. The van der Waals surface area contributed by atoms with Crippen LogP contribution in [0.25, 0.3) is 0 Å². The third kappa shape index (κ3) is 3.19. The molecule has 0 aromatic heterocycles. The second kappa shape index (κ2) is 6.00. The Morgan fingerprint density at radius 3 is 2.71 bits per heavy atom. The van der Waals surface area contributed by atoms with Crippen LogP contribution >= 0.6 is 0 Å². The average molecular weight is 238 g/mol. The first kappa shape index (κ1) is 12.4. The van der Waals surface area contributed by atoms with Gasteiger partial charge in [-0.05, 0) is 19.1 Å². The fraction of sp³-hybridized carbons (Fsp3) is 0.538. The van der Waals surface area contributed by atoms with E-state index in [0.717, 1.165) is 11.3 Å². The Bertz CT molecular complexity index is 336. The molecule has 1 aromatic rings. The van der Waals surface area contributed by atoms with Crippen molar-refractivity contribution in [3.05, 3.63) is 29.8 Å². The van der Waals surface area contributed by atoms with E-state index in [2.05, 4.69) is 0 Å². The van der Waals surface area contributed by atoms with Crippen LogP contribution in [-0.4, -0.2) is 33.0 Å². The highest BCUT2D eigenvalue weighted by molar-refractivity contribution is 5.28. The summed E-state index contributed by atoms with van der Waals surface area (Å²) in [4.78, 5) is 0. The maximum absolute atomic E-state index is 5.74. The normalized spacial score (nSPS) is 23.9. The van der Waals surface area contributed by atoms with Gasteiger partial charge in [0.2, 0.25) is 0 Å². The van der Waals surface area contributed by atoms with E-state index >= 15 is 0 Å². The first-order valence-corrected chi connectivity index (χ1v) is 5.82. The molecule has 1 aliphatic rings. The fourth-order valence-corrected chi connectivity index (χ4v) is 1.72. The number of benzene rings is 1. The Morgan fingerprint density at radius 1 is 1.29 bits per heavy atom. The predicted molar refractivity (Wildman–Crippen MR) is 63.1 cm³/mol. The molecule has 2 atom stereocenters. The first-order chi connectivity index (χ1) is 8.33. The minimum atomic E-state index is -0.286. The molecule has 1 saturated heterocycles. The molecule has 2 rings (SSSR count). The van der Waals surface area contributed by atoms with Crippen molar-refractivity contribution in [2.75, 3.05) is 26.9 Å². The van der Waals surface area contributed by atoms with E-state index in [4.69, 9.17) is 18.9 Å². The molecule has 0 bridgehead atoms. The Labute approximate surface area is 101 Å². The summed E-state index contributed by atoms with van der Waals surface area (Å²) in [7, 11) is 1.65. The number of ether oxygens (including phenoxy) is 4. The van der Waals surface area contributed by atoms with Gasteiger partial charge in [0, 0.05) is 12.2 Å². The molecule has 0 spiro atoms. The smallest absolute Gasteiger partial charge is 0.184 e. The average Bonchev–Trinajstić information content (AvgIpc) is 2.85. The second-order valence-corrected chi connectivity index (χ2v) is 3.86. The summed E-state index contributed by atoms with van der Waals surface area (Å²) < 4.78 is 21.7. The zero-order chi connectivity index (χ0) is 12.1. The van der Waals surface area contributed by atoms with Crippen LogP contribution in [0.4, 0.5) is 0 Å². The van der Waals surface area contributed by atoms with Crippen molar-refractivity contribution < 1.29 is 18.9 Å². The molecule has 1 aromatic carbocycles. The monoisotopic (exact) mass is 238 g/mol. The van der Waals surface area contributed by atoms with E-state index < -0.39 is 0 Å². The SMILES string of the molecule is CCOC[C@H]1CO[C@H](c2ccc(OC)cc2)O1. The van der Waals surface area contributed by atoms with E-state index in [1.807, 2.05) is 31.2 Å². The molecule has 1 heterocycles. The number of hydrogen-bond donors (Lipinski definition) is 0. The minimum absolute atomic E-state index is 0.0297. The summed E-state index contributed by atoms with van der Waals surface area (Å²) in [5, 5.41) is 0. The molecule has 0 amide bonds. The van der Waals surface area contributed by atoms with E-state index in [9.17, 15) is 0 Å². The van der Waals surface area contributed by atoms with E-state index in [-0.39, 0.29) is 12.4 Å². The van der Waals surface area contributed by atoms with Crippen LogP contribution in [0.3, 0.4) is 0 Å². The van der Waals surface area contributed by atoms with Crippen molar-refractivity contribution in [2.45, 2.75) is 19.3 Å². The summed E-state index contributed by atoms with van der Waals surface area (Å²) in [6.45, 7) is 3.84. The molecule has 4 nitrogen and oxygen atoms in total. The molecule has 94 valence electrons. The number of rotatable bonds is 5. The first-order valence-electron chi connectivity index (χ1n) is 5.82. The summed E-state index contributed by atoms with van der Waals surface area (Å²) in [6, 6.07) is 7.70. The van der Waals surface area contributed by atoms with Crippen LogP contribution in [0.1, 0.15) is 18.8 Å². The van der Waals surface area contributed by atoms with Crippen LogP contribution in [0.5, 0.6) is 5.75 Å². The lowest BCUT2D eigenvalue weighted by atomic mass is 10.2. The molecular weight excluding hydrogens is 220 g/mol. The molecule has 1 fully saturated rings. The predicted octanol–water partition coefficient (Wildman–Crippen LogP) is 2.15. The number of hydrogen-bond acceptors (Lipinski definition) is 4. The maximum atomic E-state index is 5.74.